The predicted octanol–water partition coefficient (Wildman–Crippen LogP) is 3.45. The molecule has 1 aromatic heterocycles. The molecule has 2 aliphatic rings. The first kappa shape index (κ1) is 16.1. The maximum absolute atomic E-state index is 13.1. The fourth-order valence-corrected chi connectivity index (χ4v) is 3.59. The second kappa shape index (κ2) is 6.50. The lowest BCUT2D eigenvalue weighted by atomic mass is 10.0. The summed E-state index contributed by atoms with van der Waals surface area (Å²) in [4.78, 5) is 15.0. The fraction of sp³-hybridized carbons (Fsp3) is 0.474. The molecule has 1 atom stereocenters. The molecule has 2 heterocycles. The fourth-order valence-electron chi connectivity index (χ4n) is 3.59. The van der Waals surface area contributed by atoms with Crippen molar-refractivity contribution in [3.8, 4) is 0 Å². The summed E-state index contributed by atoms with van der Waals surface area (Å²) in [5, 5.41) is 10.8. The van der Waals surface area contributed by atoms with Gasteiger partial charge in [-0.05, 0) is 56.9 Å². The van der Waals surface area contributed by atoms with Crippen LogP contribution in [0, 0.1) is 12.7 Å². The Morgan fingerprint density at radius 2 is 2.04 bits per heavy atom. The van der Waals surface area contributed by atoms with Gasteiger partial charge in [0.25, 0.3) is 5.91 Å². The molecule has 6 heteroatoms. The van der Waals surface area contributed by atoms with Crippen molar-refractivity contribution in [2.45, 2.75) is 44.6 Å². The van der Waals surface area contributed by atoms with Crippen LogP contribution in [0.3, 0.4) is 0 Å². The summed E-state index contributed by atoms with van der Waals surface area (Å²) in [6, 6.07) is 6.55. The number of aryl methyl sites for hydroxylation is 1. The highest BCUT2D eigenvalue weighted by atomic mass is 19.1. The Bertz CT molecular complexity index is 766. The van der Waals surface area contributed by atoms with Crippen LogP contribution in [0.2, 0.25) is 0 Å². The Morgan fingerprint density at radius 3 is 2.76 bits per heavy atom. The number of anilines is 1. The Labute approximate surface area is 146 Å². The highest BCUT2D eigenvalue weighted by molar-refractivity contribution is 5.96. The summed E-state index contributed by atoms with van der Waals surface area (Å²) in [5.41, 5.74) is 3.46. The zero-order valence-electron chi connectivity index (χ0n) is 14.4. The molecular weight excluding hydrogens is 319 g/mol. The third-order valence-corrected chi connectivity index (χ3v) is 5.08. The first-order chi connectivity index (χ1) is 12.1. The maximum atomic E-state index is 13.1. The van der Waals surface area contributed by atoms with Crippen LogP contribution in [-0.2, 0) is 0 Å². The van der Waals surface area contributed by atoms with E-state index in [0.717, 1.165) is 54.9 Å². The van der Waals surface area contributed by atoms with E-state index >= 15 is 0 Å². The molecule has 132 valence electrons. The zero-order valence-corrected chi connectivity index (χ0v) is 14.4. The monoisotopic (exact) mass is 342 g/mol. The highest BCUT2D eigenvalue weighted by Gasteiger charge is 2.34. The van der Waals surface area contributed by atoms with Crippen LogP contribution < -0.4 is 5.32 Å². The van der Waals surface area contributed by atoms with Crippen molar-refractivity contribution in [2.75, 3.05) is 18.4 Å². The average Bonchev–Trinajstić information content (AvgIpc) is 3.39. The number of halogens is 1. The standard InChI is InChI=1S/C19H23FN4O/c1-12-17(18(23-22-12)13-4-5-13)19(25)24-10-2-3-16(11-24)21-15-8-6-14(20)7-9-15/h6-9,13,16,21H,2-5,10-11H2,1H3,(H,22,23). The largest absolute Gasteiger partial charge is 0.381 e. The van der Waals surface area contributed by atoms with E-state index in [1.165, 1.54) is 12.1 Å². The van der Waals surface area contributed by atoms with Crippen molar-refractivity contribution in [3.63, 3.8) is 0 Å². The maximum Gasteiger partial charge on any atom is 0.257 e. The molecule has 2 N–H and O–H groups in total. The van der Waals surface area contributed by atoms with Crippen LogP contribution in [0.5, 0.6) is 0 Å². The minimum atomic E-state index is -0.242. The van der Waals surface area contributed by atoms with Gasteiger partial charge in [-0.1, -0.05) is 0 Å². The van der Waals surface area contributed by atoms with Crippen molar-refractivity contribution < 1.29 is 9.18 Å². The van der Waals surface area contributed by atoms with Crippen LogP contribution in [0.25, 0.3) is 0 Å². The topological polar surface area (TPSA) is 61.0 Å². The molecule has 5 nitrogen and oxygen atoms in total. The molecule has 1 aliphatic carbocycles. The number of amides is 1. The molecule has 1 amide bonds. The van der Waals surface area contributed by atoms with Crippen molar-refractivity contribution in [1.29, 1.82) is 0 Å². The number of nitrogens with zero attached hydrogens (tertiary/aromatic N) is 2. The van der Waals surface area contributed by atoms with Crippen LogP contribution in [0.4, 0.5) is 10.1 Å². The molecule has 1 saturated carbocycles. The number of carbonyl (C=O) groups excluding carboxylic acids is 1. The summed E-state index contributed by atoms with van der Waals surface area (Å²) in [5.74, 6) is 0.287. The van der Waals surface area contributed by atoms with Gasteiger partial charge in [0, 0.05) is 36.4 Å². The number of piperidine rings is 1. The SMILES string of the molecule is Cc1[nH]nc(C2CC2)c1C(=O)N1CCCC(Nc2ccc(F)cc2)C1. The van der Waals surface area contributed by atoms with Crippen LogP contribution in [0.15, 0.2) is 24.3 Å². The van der Waals surface area contributed by atoms with Gasteiger partial charge in [-0.15, -0.1) is 0 Å². The lowest BCUT2D eigenvalue weighted by molar-refractivity contribution is 0.0713. The van der Waals surface area contributed by atoms with E-state index in [1.807, 2.05) is 11.8 Å². The minimum absolute atomic E-state index is 0.0822. The summed E-state index contributed by atoms with van der Waals surface area (Å²) in [6.07, 6.45) is 4.21. The molecule has 1 unspecified atom stereocenters. The van der Waals surface area contributed by atoms with Gasteiger partial charge in [-0.25, -0.2) is 4.39 Å². The minimum Gasteiger partial charge on any atom is -0.381 e. The van der Waals surface area contributed by atoms with Crippen molar-refractivity contribution in [1.82, 2.24) is 15.1 Å². The summed E-state index contributed by atoms with van der Waals surface area (Å²) < 4.78 is 13.0. The molecular formula is C19H23FN4O. The normalized spacial score (nSPS) is 20.6. The Hall–Kier alpha value is -2.37. The van der Waals surface area contributed by atoms with Gasteiger partial charge < -0.3 is 10.2 Å². The summed E-state index contributed by atoms with van der Waals surface area (Å²) >= 11 is 0. The molecule has 2 aromatic rings. The van der Waals surface area contributed by atoms with E-state index in [9.17, 15) is 9.18 Å². The Morgan fingerprint density at radius 1 is 1.28 bits per heavy atom. The number of aromatic nitrogens is 2. The Balaban J connectivity index is 1.46. The number of benzene rings is 1. The van der Waals surface area contributed by atoms with Crippen molar-refractivity contribution >= 4 is 11.6 Å². The van der Waals surface area contributed by atoms with E-state index < -0.39 is 0 Å². The molecule has 0 radical (unpaired) electrons. The highest BCUT2D eigenvalue weighted by Crippen LogP contribution is 2.41. The predicted molar refractivity (Wildman–Crippen MR) is 94.2 cm³/mol. The van der Waals surface area contributed by atoms with Gasteiger partial charge in [0.1, 0.15) is 5.82 Å². The van der Waals surface area contributed by atoms with Crippen LogP contribution >= 0.6 is 0 Å². The molecule has 0 bridgehead atoms. The number of likely N-dealkylation sites (tertiary alicyclic amines) is 1. The molecule has 0 spiro atoms. The number of rotatable bonds is 4. The molecule has 1 aromatic carbocycles. The van der Waals surface area contributed by atoms with Gasteiger partial charge >= 0.3 is 0 Å². The summed E-state index contributed by atoms with van der Waals surface area (Å²) in [7, 11) is 0. The molecule has 1 aliphatic heterocycles. The number of hydrogen-bond acceptors (Lipinski definition) is 3. The first-order valence-electron chi connectivity index (χ1n) is 8.98. The number of aromatic amines is 1. The van der Waals surface area contributed by atoms with Gasteiger partial charge in [0.15, 0.2) is 0 Å². The quantitative estimate of drug-likeness (QED) is 0.895. The van der Waals surface area contributed by atoms with Gasteiger partial charge in [0.2, 0.25) is 0 Å². The van der Waals surface area contributed by atoms with E-state index in [0.29, 0.717) is 12.5 Å². The Kier molecular flexibility index (Phi) is 4.19. The van der Waals surface area contributed by atoms with Crippen molar-refractivity contribution in [3.05, 3.63) is 47.0 Å². The zero-order chi connectivity index (χ0) is 17.4. The summed E-state index contributed by atoms with van der Waals surface area (Å²) in [6.45, 7) is 3.35. The van der Waals surface area contributed by atoms with Crippen LogP contribution in [-0.4, -0.2) is 40.1 Å². The third-order valence-electron chi connectivity index (χ3n) is 5.08. The second-order valence-corrected chi connectivity index (χ2v) is 7.12. The van der Waals surface area contributed by atoms with E-state index in [-0.39, 0.29) is 17.8 Å². The first-order valence-corrected chi connectivity index (χ1v) is 8.98. The lowest BCUT2D eigenvalue weighted by Gasteiger charge is -2.34. The number of H-pyrrole nitrogens is 1. The van der Waals surface area contributed by atoms with Gasteiger partial charge in [-0.3, -0.25) is 9.89 Å². The van der Waals surface area contributed by atoms with Crippen molar-refractivity contribution in [2.24, 2.45) is 0 Å². The molecule has 4 rings (SSSR count). The van der Waals surface area contributed by atoms with Gasteiger partial charge in [-0.2, -0.15) is 5.10 Å². The molecule has 25 heavy (non-hydrogen) atoms. The molecule has 2 fully saturated rings. The number of nitrogens with one attached hydrogen (secondary N) is 2. The third kappa shape index (κ3) is 3.38. The number of hydrogen-bond donors (Lipinski definition) is 2. The van der Waals surface area contributed by atoms with E-state index in [1.54, 1.807) is 12.1 Å². The van der Waals surface area contributed by atoms with Crippen LogP contribution in [0.1, 0.15) is 53.3 Å². The van der Waals surface area contributed by atoms with Gasteiger partial charge in [0.05, 0.1) is 11.3 Å². The number of carbonyl (C=O) groups is 1. The van der Waals surface area contributed by atoms with E-state index in [4.69, 9.17) is 0 Å². The van der Waals surface area contributed by atoms with E-state index in [2.05, 4.69) is 15.5 Å². The lowest BCUT2D eigenvalue weighted by Crippen LogP contribution is -2.45. The second-order valence-electron chi connectivity index (χ2n) is 7.12. The average molecular weight is 342 g/mol. The molecule has 1 saturated heterocycles. The smallest absolute Gasteiger partial charge is 0.257 e.